The standard InChI is InChI=1S/C15H11NO4/c16-9-15(14(19)20)11(10-5-2-1-3-6-10)7-4-8-12(15)13(17)18/h1-8,12H,(H,17,18)(H,19,20). The molecule has 0 heterocycles. The molecular formula is C15H11NO4. The molecule has 2 rings (SSSR count). The lowest BCUT2D eigenvalue weighted by Gasteiger charge is -2.31. The quantitative estimate of drug-likeness (QED) is 0.873. The Morgan fingerprint density at radius 3 is 2.35 bits per heavy atom. The first kappa shape index (κ1) is 13.6. The molecule has 1 aliphatic rings. The van der Waals surface area contributed by atoms with Crippen LogP contribution < -0.4 is 0 Å². The van der Waals surface area contributed by atoms with Crippen molar-refractivity contribution < 1.29 is 19.8 Å². The number of carboxylic acid groups (broad SMARTS) is 2. The average molecular weight is 269 g/mol. The normalized spacial score (nSPS) is 24.6. The minimum Gasteiger partial charge on any atom is -0.481 e. The topological polar surface area (TPSA) is 98.4 Å². The molecule has 100 valence electrons. The summed E-state index contributed by atoms with van der Waals surface area (Å²) in [6, 6.07) is 10.2. The molecule has 1 aromatic carbocycles. The zero-order valence-electron chi connectivity index (χ0n) is 10.4. The van der Waals surface area contributed by atoms with Gasteiger partial charge in [-0.15, -0.1) is 0 Å². The maximum atomic E-state index is 11.6. The molecule has 0 saturated heterocycles. The van der Waals surface area contributed by atoms with E-state index in [1.165, 1.54) is 18.2 Å². The Bertz CT molecular complexity index is 654. The van der Waals surface area contributed by atoms with E-state index in [9.17, 15) is 25.1 Å². The average Bonchev–Trinajstić information content (AvgIpc) is 2.46. The van der Waals surface area contributed by atoms with Gasteiger partial charge in [0.25, 0.3) is 0 Å². The third-order valence-electron chi connectivity index (χ3n) is 3.32. The first-order valence-electron chi connectivity index (χ1n) is 5.86. The van der Waals surface area contributed by atoms with Gasteiger partial charge in [-0.2, -0.15) is 5.26 Å². The molecule has 0 aromatic heterocycles. The van der Waals surface area contributed by atoms with Crippen molar-refractivity contribution in [3.63, 3.8) is 0 Å². The minimum atomic E-state index is -2.12. The zero-order chi connectivity index (χ0) is 14.8. The maximum absolute atomic E-state index is 11.6. The van der Waals surface area contributed by atoms with E-state index in [1.54, 1.807) is 36.4 Å². The second-order valence-electron chi connectivity index (χ2n) is 4.37. The highest BCUT2D eigenvalue weighted by Gasteiger charge is 2.53. The fraction of sp³-hybridized carbons (Fsp3) is 0.133. The predicted octanol–water partition coefficient (Wildman–Crippen LogP) is 1.94. The molecule has 0 saturated carbocycles. The van der Waals surface area contributed by atoms with Crippen molar-refractivity contribution in [3.8, 4) is 6.07 Å². The molecule has 2 unspecified atom stereocenters. The number of nitriles is 1. The summed E-state index contributed by atoms with van der Waals surface area (Å²) in [5, 5.41) is 28.1. The van der Waals surface area contributed by atoms with E-state index < -0.39 is 23.3 Å². The van der Waals surface area contributed by atoms with Gasteiger partial charge in [-0.1, -0.05) is 48.6 Å². The number of hydrogen-bond acceptors (Lipinski definition) is 3. The van der Waals surface area contributed by atoms with E-state index in [2.05, 4.69) is 0 Å². The predicted molar refractivity (Wildman–Crippen MR) is 70.4 cm³/mol. The van der Waals surface area contributed by atoms with Gasteiger partial charge in [-0.25, -0.2) is 0 Å². The molecule has 1 aliphatic carbocycles. The van der Waals surface area contributed by atoms with Crippen molar-refractivity contribution in [2.24, 2.45) is 11.3 Å². The molecule has 1 aromatic rings. The van der Waals surface area contributed by atoms with Gasteiger partial charge in [-0.05, 0) is 11.1 Å². The molecule has 0 aliphatic heterocycles. The second kappa shape index (κ2) is 5.02. The first-order valence-corrected chi connectivity index (χ1v) is 5.86. The van der Waals surface area contributed by atoms with Crippen molar-refractivity contribution in [3.05, 3.63) is 54.1 Å². The smallest absolute Gasteiger partial charge is 0.329 e. The SMILES string of the molecule is N#CC1(C(=O)O)C(c2ccccc2)=CC=CC1C(=O)O. The van der Waals surface area contributed by atoms with Crippen LogP contribution in [0.5, 0.6) is 0 Å². The monoisotopic (exact) mass is 269 g/mol. The van der Waals surface area contributed by atoms with Gasteiger partial charge in [-0.3, -0.25) is 9.59 Å². The molecule has 0 spiro atoms. The van der Waals surface area contributed by atoms with Crippen molar-refractivity contribution in [2.45, 2.75) is 0 Å². The molecule has 2 atom stereocenters. The van der Waals surface area contributed by atoms with Crippen LogP contribution in [0.1, 0.15) is 5.56 Å². The number of carboxylic acids is 2. The highest BCUT2D eigenvalue weighted by Crippen LogP contribution is 2.44. The molecule has 20 heavy (non-hydrogen) atoms. The molecule has 0 radical (unpaired) electrons. The van der Waals surface area contributed by atoms with E-state index in [-0.39, 0.29) is 5.57 Å². The van der Waals surface area contributed by atoms with Crippen molar-refractivity contribution >= 4 is 17.5 Å². The molecule has 5 nitrogen and oxygen atoms in total. The molecule has 0 bridgehead atoms. The van der Waals surface area contributed by atoms with Crippen LogP contribution in [0.3, 0.4) is 0 Å². The van der Waals surface area contributed by atoms with Crippen molar-refractivity contribution in [1.29, 1.82) is 5.26 Å². The van der Waals surface area contributed by atoms with E-state index in [0.29, 0.717) is 5.56 Å². The minimum absolute atomic E-state index is 0.183. The van der Waals surface area contributed by atoms with Crippen LogP contribution in [-0.2, 0) is 9.59 Å². The third kappa shape index (κ3) is 1.88. The van der Waals surface area contributed by atoms with Crippen LogP contribution in [-0.4, -0.2) is 22.2 Å². The van der Waals surface area contributed by atoms with Crippen LogP contribution in [0.4, 0.5) is 0 Å². The molecule has 0 amide bonds. The van der Waals surface area contributed by atoms with E-state index in [1.807, 2.05) is 0 Å². The fourth-order valence-electron chi connectivity index (χ4n) is 2.34. The Kier molecular flexibility index (Phi) is 3.40. The summed E-state index contributed by atoms with van der Waals surface area (Å²) in [6.07, 6.45) is 4.18. The Hall–Kier alpha value is -2.87. The molecular weight excluding hydrogens is 258 g/mol. The Labute approximate surface area is 115 Å². The van der Waals surface area contributed by atoms with Gasteiger partial charge in [0.15, 0.2) is 5.41 Å². The van der Waals surface area contributed by atoms with E-state index in [4.69, 9.17) is 0 Å². The third-order valence-corrected chi connectivity index (χ3v) is 3.32. The fourth-order valence-corrected chi connectivity index (χ4v) is 2.34. The van der Waals surface area contributed by atoms with E-state index in [0.717, 1.165) is 0 Å². The zero-order valence-corrected chi connectivity index (χ0v) is 10.4. The summed E-state index contributed by atoms with van der Waals surface area (Å²) < 4.78 is 0. The largest absolute Gasteiger partial charge is 0.481 e. The lowest BCUT2D eigenvalue weighted by Crippen LogP contribution is -2.42. The lowest BCUT2D eigenvalue weighted by molar-refractivity contribution is -0.153. The Balaban J connectivity index is 2.69. The summed E-state index contributed by atoms with van der Waals surface area (Å²) in [4.78, 5) is 23.0. The summed E-state index contributed by atoms with van der Waals surface area (Å²) in [5.41, 5.74) is -1.42. The van der Waals surface area contributed by atoms with Gasteiger partial charge >= 0.3 is 11.9 Å². The number of aliphatic carboxylic acids is 2. The van der Waals surface area contributed by atoms with Crippen LogP contribution in [0.25, 0.3) is 5.57 Å². The second-order valence-corrected chi connectivity index (χ2v) is 4.37. The highest BCUT2D eigenvalue weighted by molar-refractivity contribution is 6.01. The number of carbonyl (C=O) groups is 2. The molecule has 5 heteroatoms. The van der Waals surface area contributed by atoms with Crippen LogP contribution in [0, 0.1) is 22.7 Å². The number of benzene rings is 1. The summed E-state index contributed by atoms with van der Waals surface area (Å²) in [7, 11) is 0. The van der Waals surface area contributed by atoms with Crippen LogP contribution in [0.2, 0.25) is 0 Å². The van der Waals surface area contributed by atoms with Crippen molar-refractivity contribution in [1.82, 2.24) is 0 Å². The first-order chi connectivity index (χ1) is 9.54. The summed E-state index contributed by atoms with van der Waals surface area (Å²) >= 11 is 0. The summed E-state index contributed by atoms with van der Waals surface area (Å²) in [6.45, 7) is 0. The van der Waals surface area contributed by atoms with Crippen LogP contribution in [0.15, 0.2) is 48.6 Å². The van der Waals surface area contributed by atoms with Gasteiger partial charge in [0.2, 0.25) is 0 Å². The van der Waals surface area contributed by atoms with Gasteiger partial charge in [0.1, 0.15) is 5.92 Å². The number of nitrogens with zero attached hydrogens (tertiary/aromatic N) is 1. The van der Waals surface area contributed by atoms with Crippen molar-refractivity contribution in [2.75, 3.05) is 0 Å². The Morgan fingerprint density at radius 1 is 1.20 bits per heavy atom. The number of hydrogen-bond donors (Lipinski definition) is 2. The highest BCUT2D eigenvalue weighted by atomic mass is 16.4. The molecule has 0 fully saturated rings. The molecule has 2 N–H and O–H groups in total. The van der Waals surface area contributed by atoms with Gasteiger partial charge in [0.05, 0.1) is 6.07 Å². The van der Waals surface area contributed by atoms with Gasteiger partial charge < -0.3 is 10.2 Å². The number of allylic oxidation sites excluding steroid dienone is 2. The number of rotatable bonds is 3. The maximum Gasteiger partial charge on any atom is 0.329 e. The Morgan fingerprint density at radius 2 is 1.85 bits per heavy atom. The summed E-state index contributed by atoms with van der Waals surface area (Å²) in [5.74, 6) is -4.23. The van der Waals surface area contributed by atoms with E-state index >= 15 is 0 Å². The van der Waals surface area contributed by atoms with Gasteiger partial charge in [0, 0.05) is 0 Å². The lowest BCUT2D eigenvalue weighted by atomic mass is 9.66. The van der Waals surface area contributed by atoms with Crippen LogP contribution >= 0.6 is 0 Å².